The molecule has 21 heavy (non-hydrogen) atoms. The summed E-state index contributed by atoms with van der Waals surface area (Å²) in [6, 6.07) is 4.43. The Hall–Kier alpha value is -1.86. The van der Waals surface area contributed by atoms with E-state index in [1.54, 1.807) is 13.0 Å². The Bertz CT molecular complexity index is 663. The summed E-state index contributed by atoms with van der Waals surface area (Å²) in [4.78, 5) is 15.6. The maximum Gasteiger partial charge on any atom is 0.351 e. The first-order valence-electron chi connectivity index (χ1n) is 5.99. The minimum absolute atomic E-state index is 0.0424. The van der Waals surface area contributed by atoms with Crippen LogP contribution >= 0.6 is 22.9 Å². The lowest BCUT2D eigenvalue weighted by molar-refractivity contribution is 0.0606. The summed E-state index contributed by atoms with van der Waals surface area (Å²) in [6.45, 7) is 2.16. The fourth-order valence-electron chi connectivity index (χ4n) is 1.55. The van der Waals surface area contributed by atoms with Gasteiger partial charge in [0.05, 0.1) is 13.7 Å². The SMILES string of the molecule is CCOc1ccc(Nc2nc(Cl)c(C(=O)OC)s2)cc1F. The molecule has 1 aromatic heterocycles. The molecule has 2 aromatic rings. The molecule has 0 spiro atoms. The zero-order chi connectivity index (χ0) is 15.4. The van der Waals surface area contributed by atoms with E-state index >= 15 is 0 Å². The Balaban J connectivity index is 2.18. The van der Waals surface area contributed by atoms with Gasteiger partial charge in [-0.3, -0.25) is 0 Å². The van der Waals surface area contributed by atoms with Crippen LogP contribution in [0.5, 0.6) is 5.75 Å². The predicted octanol–water partition coefficient (Wildman–Crippen LogP) is 3.86. The first-order chi connectivity index (χ1) is 10.0. The minimum Gasteiger partial charge on any atom is -0.491 e. The summed E-state index contributed by atoms with van der Waals surface area (Å²) in [5, 5.41) is 3.28. The lowest BCUT2D eigenvalue weighted by Gasteiger charge is -2.07. The molecule has 8 heteroatoms. The van der Waals surface area contributed by atoms with E-state index in [-0.39, 0.29) is 15.8 Å². The number of anilines is 2. The first kappa shape index (κ1) is 15.5. The molecular formula is C13H12ClFN2O3S. The normalized spacial score (nSPS) is 10.3. The molecule has 1 aromatic carbocycles. The van der Waals surface area contributed by atoms with Crippen LogP contribution in [0.25, 0.3) is 0 Å². The molecule has 0 radical (unpaired) electrons. The standard InChI is InChI=1S/C13H12ClFN2O3S/c1-3-20-9-5-4-7(6-8(9)15)16-13-17-11(14)10(21-13)12(18)19-2/h4-6H,3H2,1-2H3,(H,16,17). The van der Waals surface area contributed by atoms with Crippen molar-refractivity contribution in [3.05, 3.63) is 34.0 Å². The quantitative estimate of drug-likeness (QED) is 0.843. The number of carbonyl (C=O) groups excluding carboxylic acids is 1. The summed E-state index contributed by atoms with van der Waals surface area (Å²) < 4.78 is 23.4. The van der Waals surface area contributed by atoms with Crippen LogP contribution in [0.3, 0.4) is 0 Å². The van der Waals surface area contributed by atoms with Crippen molar-refractivity contribution in [2.75, 3.05) is 19.0 Å². The number of halogens is 2. The molecule has 0 aliphatic carbocycles. The monoisotopic (exact) mass is 330 g/mol. The van der Waals surface area contributed by atoms with Gasteiger partial charge < -0.3 is 14.8 Å². The molecule has 112 valence electrons. The maximum atomic E-state index is 13.7. The second-order valence-corrected chi connectivity index (χ2v) is 5.19. The Morgan fingerprint density at radius 2 is 2.29 bits per heavy atom. The van der Waals surface area contributed by atoms with Crippen molar-refractivity contribution in [2.45, 2.75) is 6.92 Å². The summed E-state index contributed by atoms with van der Waals surface area (Å²) in [5.74, 6) is -0.878. The third-order valence-electron chi connectivity index (χ3n) is 2.44. The summed E-state index contributed by atoms with van der Waals surface area (Å²) in [6.07, 6.45) is 0. The lowest BCUT2D eigenvalue weighted by atomic mass is 10.3. The number of benzene rings is 1. The average Bonchev–Trinajstić information content (AvgIpc) is 2.82. The zero-order valence-corrected chi connectivity index (χ0v) is 12.8. The van der Waals surface area contributed by atoms with Gasteiger partial charge in [-0.2, -0.15) is 0 Å². The van der Waals surface area contributed by atoms with Crippen LogP contribution in [0.4, 0.5) is 15.2 Å². The van der Waals surface area contributed by atoms with Gasteiger partial charge in [0.25, 0.3) is 0 Å². The van der Waals surface area contributed by atoms with Gasteiger partial charge in [0.2, 0.25) is 0 Å². The highest BCUT2D eigenvalue weighted by Gasteiger charge is 2.17. The molecule has 0 saturated carbocycles. The molecule has 0 aliphatic rings. The van der Waals surface area contributed by atoms with Gasteiger partial charge >= 0.3 is 5.97 Å². The van der Waals surface area contributed by atoms with E-state index < -0.39 is 11.8 Å². The van der Waals surface area contributed by atoms with Crippen molar-refractivity contribution in [2.24, 2.45) is 0 Å². The molecule has 0 bridgehead atoms. The van der Waals surface area contributed by atoms with E-state index in [2.05, 4.69) is 15.0 Å². The number of carbonyl (C=O) groups is 1. The van der Waals surface area contributed by atoms with Crippen molar-refractivity contribution in [3.63, 3.8) is 0 Å². The van der Waals surface area contributed by atoms with Gasteiger partial charge in [0.1, 0.15) is 0 Å². The number of nitrogens with zero attached hydrogens (tertiary/aromatic N) is 1. The topological polar surface area (TPSA) is 60.5 Å². The Kier molecular flexibility index (Phi) is 4.98. The van der Waals surface area contributed by atoms with Crippen molar-refractivity contribution in [1.29, 1.82) is 0 Å². The van der Waals surface area contributed by atoms with Gasteiger partial charge in [-0.1, -0.05) is 22.9 Å². The molecule has 1 heterocycles. The van der Waals surface area contributed by atoms with Crippen LogP contribution in [0.2, 0.25) is 5.15 Å². The number of hydrogen-bond donors (Lipinski definition) is 1. The highest BCUT2D eigenvalue weighted by Crippen LogP contribution is 2.30. The molecule has 0 saturated heterocycles. The summed E-state index contributed by atoms with van der Waals surface area (Å²) >= 11 is 6.87. The third kappa shape index (κ3) is 3.62. The Morgan fingerprint density at radius 3 is 2.90 bits per heavy atom. The number of methoxy groups -OCH3 is 1. The minimum atomic E-state index is -0.566. The number of thiazole rings is 1. The van der Waals surface area contributed by atoms with Crippen LogP contribution in [-0.4, -0.2) is 24.7 Å². The molecular weight excluding hydrogens is 319 g/mol. The molecule has 0 fully saturated rings. The Labute approximate surface area is 129 Å². The van der Waals surface area contributed by atoms with Crippen LogP contribution in [0.1, 0.15) is 16.6 Å². The van der Waals surface area contributed by atoms with E-state index in [0.29, 0.717) is 17.4 Å². The number of ether oxygens (including phenoxy) is 2. The number of rotatable bonds is 5. The second kappa shape index (κ2) is 6.73. The smallest absolute Gasteiger partial charge is 0.351 e. The van der Waals surface area contributed by atoms with Crippen LogP contribution in [0.15, 0.2) is 18.2 Å². The fraction of sp³-hybridized carbons (Fsp3) is 0.231. The fourth-order valence-corrected chi connectivity index (χ4v) is 2.67. The Morgan fingerprint density at radius 1 is 1.52 bits per heavy atom. The van der Waals surface area contributed by atoms with E-state index in [0.717, 1.165) is 11.3 Å². The predicted molar refractivity (Wildman–Crippen MR) is 79.3 cm³/mol. The van der Waals surface area contributed by atoms with Gasteiger partial charge in [0, 0.05) is 11.8 Å². The van der Waals surface area contributed by atoms with E-state index in [4.69, 9.17) is 16.3 Å². The molecule has 0 unspecified atom stereocenters. The number of hydrogen-bond acceptors (Lipinski definition) is 6. The van der Waals surface area contributed by atoms with E-state index in [1.807, 2.05) is 0 Å². The van der Waals surface area contributed by atoms with Crippen molar-refractivity contribution >= 4 is 39.7 Å². The second-order valence-electron chi connectivity index (χ2n) is 3.83. The number of nitrogens with one attached hydrogen (secondary N) is 1. The molecule has 0 aliphatic heterocycles. The van der Waals surface area contributed by atoms with Crippen LogP contribution in [-0.2, 0) is 4.74 Å². The van der Waals surface area contributed by atoms with Gasteiger partial charge in [-0.25, -0.2) is 14.2 Å². The average molecular weight is 331 g/mol. The maximum absolute atomic E-state index is 13.7. The van der Waals surface area contributed by atoms with Crippen LogP contribution in [0, 0.1) is 5.82 Å². The first-order valence-corrected chi connectivity index (χ1v) is 7.18. The lowest BCUT2D eigenvalue weighted by Crippen LogP contribution is -1.98. The number of esters is 1. The van der Waals surface area contributed by atoms with Gasteiger partial charge in [0.15, 0.2) is 26.7 Å². The van der Waals surface area contributed by atoms with Crippen molar-refractivity contribution in [3.8, 4) is 5.75 Å². The third-order valence-corrected chi connectivity index (χ3v) is 3.78. The van der Waals surface area contributed by atoms with Crippen molar-refractivity contribution in [1.82, 2.24) is 4.98 Å². The van der Waals surface area contributed by atoms with Crippen molar-refractivity contribution < 1.29 is 18.7 Å². The van der Waals surface area contributed by atoms with Gasteiger partial charge in [-0.15, -0.1) is 0 Å². The molecule has 5 nitrogen and oxygen atoms in total. The van der Waals surface area contributed by atoms with E-state index in [9.17, 15) is 9.18 Å². The highest BCUT2D eigenvalue weighted by molar-refractivity contribution is 7.18. The highest BCUT2D eigenvalue weighted by atomic mass is 35.5. The van der Waals surface area contributed by atoms with Gasteiger partial charge in [-0.05, 0) is 19.1 Å². The van der Waals surface area contributed by atoms with Crippen LogP contribution < -0.4 is 10.1 Å². The molecule has 1 N–H and O–H groups in total. The molecule has 0 atom stereocenters. The molecule has 0 amide bonds. The molecule has 2 rings (SSSR count). The van der Waals surface area contributed by atoms with E-state index in [1.165, 1.54) is 19.2 Å². The summed E-state index contributed by atoms with van der Waals surface area (Å²) in [5.41, 5.74) is 0.470. The zero-order valence-electron chi connectivity index (χ0n) is 11.3. The number of aromatic nitrogens is 1. The summed E-state index contributed by atoms with van der Waals surface area (Å²) in [7, 11) is 1.26. The largest absolute Gasteiger partial charge is 0.491 e.